The minimum Gasteiger partial charge on any atom is -0.299 e. The molecule has 4 heteroatoms. The van der Waals surface area contributed by atoms with Crippen LogP contribution in [0.3, 0.4) is 0 Å². The smallest absolute Gasteiger partial charge is 0.214 e. The lowest BCUT2D eigenvalue weighted by atomic mass is 10.1. The normalized spacial score (nSPS) is 11.1. The van der Waals surface area contributed by atoms with Crippen molar-refractivity contribution < 1.29 is 4.39 Å². The van der Waals surface area contributed by atoms with Gasteiger partial charge in [-0.05, 0) is 43.2 Å². The summed E-state index contributed by atoms with van der Waals surface area (Å²) in [6, 6.07) is 7.27. The van der Waals surface area contributed by atoms with Gasteiger partial charge in [-0.3, -0.25) is 4.57 Å². The first-order valence-electron chi connectivity index (χ1n) is 5.71. The minimum absolute atomic E-state index is 0.488. The molecule has 2 heterocycles. The van der Waals surface area contributed by atoms with Gasteiger partial charge in [-0.25, -0.2) is 9.97 Å². The van der Waals surface area contributed by atoms with Crippen molar-refractivity contribution in [2.24, 2.45) is 0 Å². The minimum atomic E-state index is -0.488. The largest absolute Gasteiger partial charge is 0.299 e. The van der Waals surface area contributed by atoms with Crippen LogP contribution in [-0.4, -0.2) is 14.5 Å². The third-order valence-electron chi connectivity index (χ3n) is 3.15. The Hall–Kier alpha value is -2.23. The summed E-state index contributed by atoms with van der Waals surface area (Å²) in [5.74, 6) is -0.488. The average Bonchev–Trinajstić information content (AvgIpc) is 2.73. The molecule has 3 aromatic rings. The summed E-state index contributed by atoms with van der Waals surface area (Å²) >= 11 is 0. The summed E-state index contributed by atoms with van der Waals surface area (Å²) in [6.07, 6.45) is 3.16. The molecular weight excluding hydrogens is 229 g/mol. The van der Waals surface area contributed by atoms with Gasteiger partial charge in [-0.1, -0.05) is 0 Å². The van der Waals surface area contributed by atoms with E-state index < -0.39 is 5.95 Å². The molecule has 0 aliphatic heterocycles. The first-order chi connectivity index (χ1) is 8.65. The van der Waals surface area contributed by atoms with Crippen LogP contribution in [0.4, 0.5) is 4.39 Å². The first kappa shape index (κ1) is 10.9. The molecule has 2 aromatic heterocycles. The molecule has 0 atom stereocenters. The average molecular weight is 241 g/mol. The Kier molecular flexibility index (Phi) is 2.37. The summed E-state index contributed by atoms with van der Waals surface area (Å²) in [6.45, 7) is 4.11. The van der Waals surface area contributed by atoms with Crippen LogP contribution in [0.25, 0.3) is 16.7 Å². The highest BCUT2D eigenvalue weighted by atomic mass is 19.1. The Balaban J connectivity index is 2.27. The Morgan fingerprint density at radius 2 is 1.83 bits per heavy atom. The van der Waals surface area contributed by atoms with Gasteiger partial charge in [0, 0.05) is 12.3 Å². The van der Waals surface area contributed by atoms with Crippen LogP contribution in [0.2, 0.25) is 0 Å². The van der Waals surface area contributed by atoms with E-state index in [0.29, 0.717) is 0 Å². The molecule has 0 unspecified atom stereocenters. The number of rotatable bonds is 1. The van der Waals surface area contributed by atoms with Gasteiger partial charge in [0.05, 0.1) is 16.7 Å². The van der Waals surface area contributed by atoms with Gasteiger partial charge in [-0.15, -0.1) is 0 Å². The van der Waals surface area contributed by atoms with E-state index in [1.165, 1.54) is 23.4 Å². The van der Waals surface area contributed by atoms with E-state index in [-0.39, 0.29) is 0 Å². The molecular formula is C14H12FN3. The summed E-state index contributed by atoms with van der Waals surface area (Å²) in [7, 11) is 0. The van der Waals surface area contributed by atoms with Crippen LogP contribution in [-0.2, 0) is 0 Å². The predicted octanol–water partition coefficient (Wildman–Crippen LogP) is 3.18. The highest BCUT2D eigenvalue weighted by molar-refractivity contribution is 5.79. The predicted molar refractivity (Wildman–Crippen MR) is 68.3 cm³/mol. The number of fused-ring (bicyclic) bond motifs is 1. The zero-order valence-corrected chi connectivity index (χ0v) is 10.2. The highest BCUT2D eigenvalue weighted by Gasteiger charge is 2.07. The van der Waals surface area contributed by atoms with E-state index in [4.69, 9.17) is 0 Å². The summed E-state index contributed by atoms with van der Waals surface area (Å²) in [5.41, 5.74) is 5.01. The number of aryl methyl sites for hydroxylation is 2. The van der Waals surface area contributed by atoms with Crippen molar-refractivity contribution in [1.29, 1.82) is 0 Å². The molecule has 0 bridgehead atoms. The van der Waals surface area contributed by atoms with Crippen molar-refractivity contribution in [2.45, 2.75) is 13.8 Å². The lowest BCUT2D eigenvalue weighted by Crippen LogP contribution is -1.94. The number of halogens is 1. The maximum Gasteiger partial charge on any atom is 0.214 e. The number of nitrogens with zero attached hydrogens (tertiary/aromatic N) is 3. The van der Waals surface area contributed by atoms with Crippen LogP contribution in [0.5, 0.6) is 0 Å². The van der Waals surface area contributed by atoms with Crippen molar-refractivity contribution in [3.63, 3.8) is 0 Å². The molecule has 3 nitrogen and oxygen atoms in total. The monoisotopic (exact) mass is 241 g/mol. The van der Waals surface area contributed by atoms with E-state index in [1.807, 2.05) is 10.6 Å². The van der Waals surface area contributed by atoms with E-state index in [0.717, 1.165) is 16.7 Å². The van der Waals surface area contributed by atoms with Crippen LogP contribution in [0.15, 0.2) is 36.8 Å². The third kappa shape index (κ3) is 1.66. The number of aromatic nitrogens is 3. The van der Waals surface area contributed by atoms with Crippen LogP contribution in [0, 0.1) is 19.8 Å². The summed E-state index contributed by atoms with van der Waals surface area (Å²) in [5, 5.41) is 0. The molecule has 18 heavy (non-hydrogen) atoms. The molecule has 90 valence electrons. The van der Waals surface area contributed by atoms with Gasteiger partial charge in [0.25, 0.3) is 0 Å². The quantitative estimate of drug-likeness (QED) is 0.613. The molecule has 0 spiro atoms. The number of benzene rings is 1. The van der Waals surface area contributed by atoms with Crippen molar-refractivity contribution in [1.82, 2.24) is 14.5 Å². The van der Waals surface area contributed by atoms with Gasteiger partial charge in [0.1, 0.15) is 6.33 Å². The first-order valence-corrected chi connectivity index (χ1v) is 5.71. The van der Waals surface area contributed by atoms with Crippen LogP contribution in [0.1, 0.15) is 11.1 Å². The second-order valence-corrected chi connectivity index (χ2v) is 4.38. The number of pyridine rings is 1. The zero-order valence-electron chi connectivity index (χ0n) is 10.2. The van der Waals surface area contributed by atoms with E-state index in [2.05, 4.69) is 29.9 Å². The van der Waals surface area contributed by atoms with Crippen molar-refractivity contribution in [3.8, 4) is 5.69 Å². The van der Waals surface area contributed by atoms with Crippen molar-refractivity contribution >= 4 is 11.0 Å². The maximum atomic E-state index is 13.2. The number of hydrogen-bond acceptors (Lipinski definition) is 2. The summed E-state index contributed by atoms with van der Waals surface area (Å²) < 4.78 is 15.0. The van der Waals surface area contributed by atoms with Gasteiger partial charge < -0.3 is 0 Å². The van der Waals surface area contributed by atoms with Crippen molar-refractivity contribution in [3.05, 3.63) is 53.9 Å². The van der Waals surface area contributed by atoms with E-state index in [1.54, 1.807) is 12.4 Å². The molecule has 0 fully saturated rings. The fourth-order valence-corrected chi connectivity index (χ4v) is 2.01. The molecule has 0 saturated heterocycles. The molecule has 0 amide bonds. The third-order valence-corrected chi connectivity index (χ3v) is 3.15. The number of hydrogen-bond donors (Lipinski definition) is 0. The van der Waals surface area contributed by atoms with Crippen LogP contribution < -0.4 is 0 Å². The standard InChI is InChI=1S/C14H12FN3/c1-9-5-12-13(6-10(9)2)18(8-17-12)11-3-4-16-14(15)7-11/h3-8H,1-2H3. The zero-order chi connectivity index (χ0) is 12.7. The number of imidazole rings is 1. The Bertz CT molecular complexity index is 731. The lowest BCUT2D eigenvalue weighted by molar-refractivity contribution is 0.582. The fourth-order valence-electron chi connectivity index (χ4n) is 2.01. The second kappa shape index (κ2) is 3.91. The van der Waals surface area contributed by atoms with Gasteiger partial charge >= 0.3 is 0 Å². The molecule has 0 saturated carbocycles. The Morgan fingerprint density at radius 3 is 2.61 bits per heavy atom. The SMILES string of the molecule is Cc1cc2ncn(-c3ccnc(F)c3)c2cc1C. The topological polar surface area (TPSA) is 30.7 Å². The Morgan fingerprint density at radius 1 is 1.06 bits per heavy atom. The second-order valence-electron chi connectivity index (χ2n) is 4.38. The Labute approximate surface area is 104 Å². The van der Waals surface area contributed by atoms with Gasteiger partial charge in [0.15, 0.2) is 0 Å². The molecule has 0 aliphatic rings. The molecule has 0 N–H and O–H groups in total. The highest BCUT2D eigenvalue weighted by Crippen LogP contribution is 2.21. The summed E-state index contributed by atoms with van der Waals surface area (Å²) in [4.78, 5) is 7.91. The maximum absolute atomic E-state index is 13.2. The molecule has 3 rings (SSSR count). The molecule has 1 aromatic carbocycles. The van der Waals surface area contributed by atoms with E-state index >= 15 is 0 Å². The molecule has 0 radical (unpaired) electrons. The van der Waals surface area contributed by atoms with Crippen LogP contribution >= 0.6 is 0 Å². The lowest BCUT2D eigenvalue weighted by Gasteiger charge is -2.05. The van der Waals surface area contributed by atoms with Gasteiger partial charge in [0.2, 0.25) is 5.95 Å². The van der Waals surface area contributed by atoms with Gasteiger partial charge in [-0.2, -0.15) is 4.39 Å². The van der Waals surface area contributed by atoms with Crippen molar-refractivity contribution in [2.75, 3.05) is 0 Å². The van der Waals surface area contributed by atoms with E-state index in [9.17, 15) is 4.39 Å². The fraction of sp³-hybridized carbons (Fsp3) is 0.143. The molecule has 0 aliphatic carbocycles.